The van der Waals surface area contributed by atoms with Crippen LogP contribution in [0.15, 0.2) is 23.0 Å². The molecule has 0 aromatic carbocycles. The maximum atomic E-state index is 4.73. The number of fused-ring (bicyclic) bond motifs is 1. The van der Waals surface area contributed by atoms with E-state index in [1.807, 2.05) is 0 Å². The van der Waals surface area contributed by atoms with E-state index >= 15 is 0 Å². The van der Waals surface area contributed by atoms with Crippen molar-refractivity contribution in [3.05, 3.63) is 40.1 Å². The molecule has 22 heavy (non-hydrogen) atoms. The predicted molar refractivity (Wildman–Crippen MR) is 92.0 cm³/mol. The van der Waals surface area contributed by atoms with Crippen molar-refractivity contribution < 1.29 is 0 Å². The van der Waals surface area contributed by atoms with Crippen molar-refractivity contribution in [1.29, 1.82) is 0 Å². The molecule has 0 spiro atoms. The topological polar surface area (TPSA) is 24.3 Å². The zero-order valence-electron chi connectivity index (χ0n) is 14.0. The van der Waals surface area contributed by atoms with Gasteiger partial charge in [0.1, 0.15) is 5.82 Å². The molecular formula is C17H26N4S. The molecule has 4 nitrogen and oxygen atoms in total. The Morgan fingerprint density at radius 1 is 1.41 bits per heavy atom. The Bertz CT molecular complexity index is 602. The zero-order valence-corrected chi connectivity index (χ0v) is 14.8. The van der Waals surface area contributed by atoms with E-state index in [0.717, 1.165) is 26.2 Å². The van der Waals surface area contributed by atoms with Crippen LogP contribution in [0.4, 0.5) is 0 Å². The number of rotatable bonds is 5. The zero-order chi connectivity index (χ0) is 15.7. The van der Waals surface area contributed by atoms with Crippen LogP contribution in [0.5, 0.6) is 0 Å². The predicted octanol–water partition coefficient (Wildman–Crippen LogP) is 3.36. The van der Waals surface area contributed by atoms with Crippen LogP contribution in [0.25, 0.3) is 0 Å². The summed E-state index contributed by atoms with van der Waals surface area (Å²) in [6.07, 6.45) is 2.07. The molecular weight excluding hydrogens is 292 g/mol. The van der Waals surface area contributed by atoms with Gasteiger partial charge in [0.15, 0.2) is 0 Å². The van der Waals surface area contributed by atoms with Gasteiger partial charge in [-0.05, 0) is 50.2 Å². The Balaban J connectivity index is 1.74. The first-order valence-electron chi connectivity index (χ1n) is 8.06. The summed E-state index contributed by atoms with van der Waals surface area (Å²) in [5.41, 5.74) is 2.75. The molecule has 0 amide bonds. The number of hydrogen-bond donors (Lipinski definition) is 0. The quantitative estimate of drug-likeness (QED) is 0.845. The number of nitrogens with zero attached hydrogens (tertiary/aromatic N) is 4. The minimum atomic E-state index is 0.381. The van der Waals surface area contributed by atoms with Crippen molar-refractivity contribution in [3.63, 3.8) is 0 Å². The first kappa shape index (κ1) is 15.7. The van der Waals surface area contributed by atoms with Gasteiger partial charge in [-0.3, -0.25) is 9.80 Å². The summed E-state index contributed by atoms with van der Waals surface area (Å²) in [6.45, 7) is 10.9. The molecule has 5 heteroatoms. The Labute approximate surface area is 137 Å². The second-order valence-corrected chi connectivity index (χ2v) is 7.33. The molecule has 0 aliphatic carbocycles. The fraction of sp³-hybridized carbons (Fsp3) is 0.588. The summed E-state index contributed by atoms with van der Waals surface area (Å²) in [7, 11) is 2.18. The van der Waals surface area contributed by atoms with E-state index in [2.05, 4.69) is 65.2 Å². The van der Waals surface area contributed by atoms with Crippen molar-refractivity contribution in [3.8, 4) is 0 Å². The van der Waals surface area contributed by atoms with E-state index < -0.39 is 0 Å². The van der Waals surface area contributed by atoms with Crippen molar-refractivity contribution in [1.82, 2.24) is 19.4 Å². The standard InChI is InChI=1S/C17H26N4S/c1-13(2)19(4)11-16-9-18-17-14(3)20(6-7-21(16)17)10-15-5-8-22-12-15/h5,8-9,12-14H,6-7,10-11H2,1-4H3/t14-/m0/s1. The van der Waals surface area contributed by atoms with Crippen LogP contribution in [-0.2, 0) is 19.6 Å². The van der Waals surface area contributed by atoms with Gasteiger partial charge in [0, 0.05) is 38.4 Å². The smallest absolute Gasteiger partial charge is 0.126 e. The monoisotopic (exact) mass is 318 g/mol. The molecule has 3 rings (SSSR count). The molecule has 0 saturated heterocycles. The molecule has 1 aliphatic rings. The number of imidazole rings is 1. The van der Waals surface area contributed by atoms with Crippen molar-refractivity contribution >= 4 is 11.3 Å². The van der Waals surface area contributed by atoms with Gasteiger partial charge in [-0.15, -0.1) is 0 Å². The Morgan fingerprint density at radius 2 is 2.23 bits per heavy atom. The van der Waals surface area contributed by atoms with Crippen LogP contribution in [0.3, 0.4) is 0 Å². The molecule has 2 aromatic rings. The van der Waals surface area contributed by atoms with Crippen molar-refractivity contribution in [2.75, 3.05) is 13.6 Å². The van der Waals surface area contributed by atoms with Gasteiger partial charge < -0.3 is 4.57 Å². The Kier molecular flexibility index (Phi) is 4.66. The van der Waals surface area contributed by atoms with E-state index in [9.17, 15) is 0 Å². The van der Waals surface area contributed by atoms with E-state index in [0.29, 0.717) is 12.1 Å². The van der Waals surface area contributed by atoms with E-state index in [1.165, 1.54) is 17.1 Å². The van der Waals surface area contributed by atoms with Crippen molar-refractivity contribution in [2.24, 2.45) is 0 Å². The normalized spacial score (nSPS) is 19.1. The molecule has 0 unspecified atom stereocenters. The molecule has 0 fully saturated rings. The van der Waals surface area contributed by atoms with Gasteiger partial charge in [-0.2, -0.15) is 11.3 Å². The molecule has 0 saturated carbocycles. The van der Waals surface area contributed by atoms with E-state index in [4.69, 9.17) is 4.98 Å². The van der Waals surface area contributed by atoms with E-state index in [-0.39, 0.29) is 0 Å². The highest BCUT2D eigenvalue weighted by molar-refractivity contribution is 7.07. The third-order valence-corrected chi connectivity index (χ3v) is 5.49. The SMILES string of the molecule is CC(C)N(C)Cc1cnc2n1CCN(Cc1ccsc1)[C@H]2C. The number of thiophene rings is 1. The number of aromatic nitrogens is 2. The first-order valence-corrected chi connectivity index (χ1v) is 9.00. The maximum Gasteiger partial charge on any atom is 0.126 e. The third-order valence-electron chi connectivity index (χ3n) is 4.76. The summed E-state index contributed by atoms with van der Waals surface area (Å²) in [5, 5.41) is 4.40. The Morgan fingerprint density at radius 3 is 2.91 bits per heavy atom. The molecule has 1 atom stereocenters. The van der Waals surface area contributed by atoms with Crippen LogP contribution in [-0.4, -0.2) is 39.0 Å². The highest BCUT2D eigenvalue weighted by Crippen LogP contribution is 2.27. The highest BCUT2D eigenvalue weighted by atomic mass is 32.1. The molecule has 120 valence electrons. The van der Waals surface area contributed by atoms with Gasteiger partial charge in [-0.1, -0.05) is 0 Å². The van der Waals surface area contributed by atoms with Crippen LogP contribution >= 0.6 is 11.3 Å². The molecule has 3 heterocycles. The lowest BCUT2D eigenvalue weighted by Crippen LogP contribution is -2.37. The van der Waals surface area contributed by atoms with Gasteiger partial charge >= 0.3 is 0 Å². The fourth-order valence-electron chi connectivity index (χ4n) is 3.00. The summed E-state index contributed by atoms with van der Waals surface area (Å²) in [5.74, 6) is 1.22. The lowest BCUT2D eigenvalue weighted by atomic mass is 10.2. The molecule has 0 bridgehead atoms. The van der Waals surface area contributed by atoms with Crippen LogP contribution in [0.1, 0.15) is 43.9 Å². The molecule has 0 N–H and O–H groups in total. The van der Waals surface area contributed by atoms with Crippen molar-refractivity contribution in [2.45, 2.75) is 52.5 Å². The Hall–Kier alpha value is -1.17. The summed E-state index contributed by atoms with van der Waals surface area (Å²) >= 11 is 1.78. The average molecular weight is 318 g/mol. The van der Waals surface area contributed by atoms with Crippen LogP contribution in [0.2, 0.25) is 0 Å². The lowest BCUT2D eigenvalue weighted by molar-refractivity contribution is 0.153. The second kappa shape index (κ2) is 6.52. The van der Waals surface area contributed by atoms with Gasteiger partial charge in [-0.25, -0.2) is 4.98 Å². The molecule has 2 aromatic heterocycles. The lowest BCUT2D eigenvalue weighted by Gasteiger charge is -2.34. The summed E-state index contributed by atoms with van der Waals surface area (Å²) in [4.78, 5) is 9.62. The average Bonchev–Trinajstić information content (AvgIpc) is 3.12. The minimum Gasteiger partial charge on any atom is -0.328 e. The minimum absolute atomic E-state index is 0.381. The second-order valence-electron chi connectivity index (χ2n) is 6.55. The fourth-order valence-corrected chi connectivity index (χ4v) is 3.66. The summed E-state index contributed by atoms with van der Waals surface area (Å²) < 4.78 is 2.42. The molecule has 0 radical (unpaired) electrons. The van der Waals surface area contributed by atoms with E-state index in [1.54, 1.807) is 11.3 Å². The number of hydrogen-bond acceptors (Lipinski definition) is 4. The van der Waals surface area contributed by atoms with Gasteiger partial charge in [0.25, 0.3) is 0 Å². The highest BCUT2D eigenvalue weighted by Gasteiger charge is 2.27. The first-order chi connectivity index (χ1) is 10.6. The molecule has 1 aliphatic heterocycles. The summed E-state index contributed by atoms with van der Waals surface area (Å²) in [6, 6.07) is 3.16. The van der Waals surface area contributed by atoms with Crippen LogP contribution in [0, 0.1) is 0 Å². The van der Waals surface area contributed by atoms with Gasteiger partial charge in [0.05, 0.1) is 11.7 Å². The maximum absolute atomic E-state index is 4.73. The largest absolute Gasteiger partial charge is 0.328 e. The van der Waals surface area contributed by atoms with Gasteiger partial charge in [0.2, 0.25) is 0 Å². The van der Waals surface area contributed by atoms with Crippen LogP contribution < -0.4 is 0 Å². The third kappa shape index (κ3) is 3.12.